The van der Waals surface area contributed by atoms with Crippen molar-refractivity contribution in [3.63, 3.8) is 0 Å². The molecule has 2 fully saturated rings. The van der Waals surface area contributed by atoms with Gasteiger partial charge in [-0.15, -0.1) is 0 Å². The summed E-state index contributed by atoms with van der Waals surface area (Å²) >= 11 is 0. The lowest BCUT2D eigenvalue weighted by molar-refractivity contribution is 0.0791. The predicted octanol–water partition coefficient (Wildman–Crippen LogP) is 1.86. The monoisotopic (exact) mass is 196 g/mol. The molecule has 0 aliphatic carbocycles. The van der Waals surface area contributed by atoms with E-state index in [4.69, 9.17) is 0 Å². The summed E-state index contributed by atoms with van der Waals surface area (Å²) in [6.45, 7) is 8.81. The third-order valence-corrected chi connectivity index (χ3v) is 4.02. The van der Waals surface area contributed by atoms with Crippen molar-refractivity contribution in [3.8, 4) is 0 Å². The van der Waals surface area contributed by atoms with Crippen molar-refractivity contribution in [2.45, 2.75) is 39.0 Å². The average molecular weight is 196 g/mol. The minimum Gasteiger partial charge on any atom is -0.316 e. The van der Waals surface area contributed by atoms with Crippen LogP contribution in [0.5, 0.6) is 0 Å². The number of piperidine rings is 2. The summed E-state index contributed by atoms with van der Waals surface area (Å²) in [5.74, 6) is 0. The lowest BCUT2D eigenvalue weighted by atomic mass is 9.73. The van der Waals surface area contributed by atoms with Crippen LogP contribution in [0.15, 0.2) is 0 Å². The molecule has 0 amide bonds. The van der Waals surface area contributed by atoms with E-state index in [-0.39, 0.29) is 0 Å². The maximum atomic E-state index is 3.57. The highest BCUT2D eigenvalue weighted by Crippen LogP contribution is 2.37. The Hall–Kier alpha value is -0.0800. The molecule has 2 aliphatic heterocycles. The van der Waals surface area contributed by atoms with Gasteiger partial charge in [-0.25, -0.2) is 0 Å². The molecule has 2 saturated heterocycles. The Morgan fingerprint density at radius 3 is 2.57 bits per heavy atom. The molecule has 2 aliphatic rings. The van der Waals surface area contributed by atoms with Gasteiger partial charge in [0.2, 0.25) is 0 Å². The van der Waals surface area contributed by atoms with E-state index >= 15 is 0 Å². The van der Waals surface area contributed by atoms with Crippen LogP contribution in [0.2, 0.25) is 0 Å². The summed E-state index contributed by atoms with van der Waals surface area (Å²) in [6.07, 6.45) is 7.04. The molecule has 0 unspecified atom stereocenters. The summed E-state index contributed by atoms with van der Waals surface area (Å²) in [4.78, 5) is 2.64. The van der Waals surface area contributed by atoms with Gasteiger partial charge in [0.1, 0.15) is 0 Å². The van der Waals surface area contributed by atoms with Crippen LogP contribution >= 0.6 is 0 Å². The van der Waals surface area contributed by atoms with Gasteiger partial charge in [-0.3, -0.25) is 0 Å². The van der Waals surface area contributed by atoms with Gasteiger partial charge in [0.05, 0.1) is 0 Å². The molecular weight excluding hydrogens is 172 g/mol. The first kappa shape index (κ1) is 10.4. The Kier molecular flexibility index (Phi) is 3.45. The molecule has 0 aromatic carbocycles. The smallest absolute Gasteiger partial charge is 0.000877 e. The van der Waals surface area contributed by atoms with Crippen LogP contribution in [0, 0.1) is 5.41 Å². The molecule has 2 rings (SSSR count). The predicted molar refractivity (Wildman–Crippen MR) is 60.5 cm³/mol. The zero-order valence-corrected chi connectivity index (χ0v) is 9.52. The molecule has 82 valence electrons. The highest BCUT2D eigenvalue weighted by atomic mass is 15.1. The molecule has 14 heavy (non-hydrogen) atoms. The lowest BCUT2D eigenvalue weighted by Crippen LogP contribution is -2.48. The van der Waals surface area contributed by atoms with Gasteiger partial charge >= 0.3 is 0 Å². The fraction of sp³-hybridized carbons (Fsp3) is 1.00. The summed E-state index contributed by atoms with van der Waals surface area (Å²) in [5.41, 5.74) is 0.683. The Labute approximate surface area is 88.1 Å². The SMILES string of the molecule is CCCN1CCC2(CCCNC2)CC1. The molecule has 0 saturated carbocycles. The number of likely N-dealkylation sites (tertiary alicyclic amines) is 1. The first-order chi connectivity index (χ1) is 6.85. The fourth-order valence-corrected chi connectivity index (χ4v) is 3.02. The van der Waals surface area contributed by atoms with E-state index in [1.807, 2.05) is 0 Å². The van der Waals surface area contributed by atoms with Crippen LogP contribution in [0.3, 0.4) is 0 Å². The average Bonchev–Trinajstić information content (AvgIpc) is 2.24. The Morgan fingerprint density at radius 1 is 1.21 bits per heavy atom. The molecule has 0 bridgehead atoms. The van der Waals surface area contributed by atoms with E-state index in [1.165, 1.54) is 64.8 Å². The van der Waals surface area contributed by atoms with Gasteiger partial charge in [-0.05, 0) is 63.7 Å². The van der Waals surface area contributed by atoms with Crippen LogP contribution in [-0.4, -0.2) is 37.6 Å². The first-order valence-electron chi connectivity index (χ1n) is 6.28. The lowest BCUT2D eigenvalue weighted by Gasteiger charge is -2.44. The minimum absolute atomic E-state index is 0.683. The maximum Gasteiger partial charge on any atom is 0.000877 e. The molecule has 1 N–H and O–H groups in total. The van der Waals surface area contributed by atoms with Gasteiger partial charge in [-0.2, -0.15) is 0 Å². The van der Waals surface area contributed by atoms with Gasteiger partial charge in [0, 0.05) is 6.54 Å². The zero-order valence-electron chi connectivity index (χ0n) is 9.52. The number of hydrogen-bond donors (Lipinski definition) is 1. The summed E-state index contributed by atoms with van der Waals surface area (Å²) in [6, 6.07) is 0. The second-order valence-corrected chi connectivity index (χ2v) is 5.12. The topological polar surface area (TPSA) is 15.3 Å². The van der Waals surface area contributed by atoms with E-state index in [0.717, 1.165) is 0 Å². The van der Waals surface area contributed by atoms with Crippen LogP contribution in [-0.2, 0) is 0 Å². The molecule has 0 aromatic heterocycles. The van der Waals surface area contributed by atoms with Crippen molar-refractivity contribution in [1.82, 2.24) is 10.2 Å². The van der Waals surface area contributed by atoms with Gasteiger partial charge in [-0.1, -0.05) is 6.92 Å². The third-order valence-electron chi connectivity index (χ3n) is 4.02. The molecule has 2 heteroatoms. The standard InChI is InChI=1S/C12H24N2/c1-2-8-14-9-5-12(6-10-14)4-3-7-13-11-12/h13H,2-11H2,1H3. The van der Waals surface area contributed by atoms with E-state index in [9.17, 15) is 0 Å². The second-order valence-electron chi connectivity index (χ2n) is 5.12. The Bertz CT molecular complexity index is 163. The van der Waals surface area contributed by atoms with Crippen LogP contribution in [0.1, 0.15) is 39.0 Å². The van der Waals surface area contributed by atoms with Gasteiger partial charge < -0.3 is 10.2 Å². The van der Waals surface area contributed by atoms with Crippen molar-refractivity contribution in [2.24, 2.45) is 5.41 Å². The van der Waals surface area contributed by atoms with Crippen LogP contribution in [0.4, 0.5) is 0 Å². The highest BCUT2D eigenvalue weighted by molar-refractivity contribution is 4.90. The van der Waals surface area contributed by atoms with Crippen molar-refractivity contribution < 1.29 is 0 Å². The van der Waals surface area contributed by atoms with Crippen LogP contribution in [0.25, 0.3) is 0 Å². The van der Waals surface area contributed by atoms with E-state index < -0.39 is 0 Å². The number of nitrogens with zero attached hydrogens (tertiary/aromatic N) is 1. The van der Waals surface area contributed by atoms with Crippen LogP contribution < -0.4 is 5.32 Å². The van der Waals surface area contributed by atoms with Crippen molar-refractivity contribution in [1.29, 1.82) is 0 Å². The molecule has 1 spiro atoms. The maximum absolute atomic E-state index is 3.57. The highest BCUT2D eigenvalue weighted by Gasteiger charge is 2.35. The Balaban J connectivity index is 1.81. The summed E-state index contributed by atoms with van der Waals surface area (Å²) < 4.78 is 0. The van der Waals surface area contributed by atoms with E-state index in [2.05, 4.69) is 17.1 Å². The number of nitrogens with one attached hydrogen (secondary N) is 1. The number of rotatable bonds is 2. The van der Waals surface area contributed by atoms with E-state index in [1.54, 1.807) is 0 Å². The summed E-state index contributed by atoms with van der Waals surface area (Å²) in [5, 5.41) is 3.57. The normalized spacial score (nSPS) is 28.1. The summed E-state index contributed by atoms with van der Waals surface area (Å²) in [7, 11) is 0. The second kappa shape index (κ2) is 4.63. The minimum atomic E-state index is 0.683. The quantitative estimate of drug-likeness (QED) is 0.725. The largest absolute Gasteiger partial charge is 0.316 e. The molecule has 2 heterocycles. The zero-order chi connectivity index (χ0) is 9.86. The Morgan fingerprint density at radius 2 is 2.00 bits per heavy atom. The van der Waals surface area contributed by atoms with Crippen molar-refractivity contribution in [3.05, 3.63) is 0 Å². The third kappa shape index (κ3) is 2.29. The molecule has 0 radical (unpaired) electrons. The van der Waals surface area contributed by atoms with E-state index in [0.29, 0.717) is 5.41 Å². The molecule has 0 aromatic rings. The van der Waals surface area contributed by atoms with Crippen molar-refractivity contribution >= 4 is 0 Å². The molecule has 2 nitrogen and oxygen atoms in total. The van der Waals surface area contributed by atoms with Gasteiger partial charge in [0.15, 0.2) is 0 Å². The number of hydrogen-bond acceptors (Lipinski definition) is 2. The van der Waals surface area contributed by atoms with Gasteiger partial charge in [0.25, 0.3) is 0 Å². The van der Waals surface area contributed by atoms with Crippen molar-refractivity contribution in [2.75, 3.05) is 32.7 Å². The molecular formula is C12H24N2. The first-order valence-corrected chi connectivity index (χ1v) is 6.28. The fourth-order valence-electron chi connectivity index (χ4n) is 3.02. The molecule has 0 atom stereocenters.